The standard InChI is InChI=1S/C17H17FN2O2/c1-12(21)14-5-9-16(10-6-14)19-17(22)20(2)11-13-3-7-15(18)8-4-13/h3-10H,11H2,1-2H3,(H,19,22). The van der Waals surface area contributed by atoms with Crippen molar-refractivity contribution in [3.05, 3.63) is 65.5 Å². The number of ketones is 1. The molecule has 4 nitrogen and oxygen atoms in total. The van der Waals surface area contributed by atoms with Crippen LogP contribution >= 0.6 is 0 Å². The van der Waals surface area contributed by atoms with Gasteiger partial charge in [-0.25, -0.2) is 9.18 Å². The third kappa shape index (κ3) is 4.15. The molecule has 0 radical (unpaired) electrons. The Morgan fingerprint density at radius 3 is 2.18 bits per heavy atom. The highest BCUT2D eigenvalue weighted by Gasteiger charge is 2.10. The van der Waals surface area contributed by atoms with E-state index in [0.717, 1.165) is 5.56 Å². The van der Waals surface area contributed by atoms with Crippen molar-refractivity contribution in [1.29, 1.82) is 0 Å². The van der Waals surface area contributed by atoms with Crippen molar-refractivity contribution < 1.29 is 14.0 Å². The summed E-state index contributed by atoms with van der Waals surface area (Å²) in [6, 6.07) is 12.4. The topological polar surface area (TPSA) is 49.4 Å². The predicted molar refractivity (Wildman–Crippen MR) is 83.3 cm³/mol. The van der Waals surface area contributed by atoms with Gasteiger partial charge in [0, 0.05) is 24.8 Å². The van der Waals surface area contributed by atoms with E-state index in [9.17, 15) is 14.0 Å². The number of hydrogen-bond donors (Lipinski definition) is 1. The maximum absolute atomic E-state index is 12.8. The highest BCUT2D eigenvalue weighted by molar-refractivity contribution is 5.95. The smallest absolute Gasteiger partial charge is 0.321 e. The molecule has 0 atom stereocenters. The van der Waals surface area contributed by atoms with Gasteiger partial charge in [0.25, 0.3) is 0 Å². The van der Waals surface area contributed by atoms with E-state index < -0.39 is 0 Å². The van der Waals surface area contributed by atoms with E-state index >= 15 is 0 Å². The number of rotatable bonds is 4. The number of nitrogens with one attached hydrogen (secondary N) is 1. The highest BCUT2D eigenvalue weighted by atomic mass is 19.1. The predicted octanol–water partition coefficient (Wildman–Crippen LogP) is 3.69. The molecule has 0 bridgehead atoms. The van der Waals surface area contributed by atoms with Crippen LogP contribution in [-0.2, 0) is 6.54 Å². The molecule has 0 saturated heterocycles. The summed E-state index contributed by atoms with van der Waals surface area (Å²) >= 11 is 0. The molecular formula is C17H17FN2O2. The molecule has 5 heteroatoms. The van der Waals surface area contributed by atoms with Crippen LogP contribution in [0.5, 0.6) is 0 Å². The number of nitrogens with zero attached hydrogens (tertiary/aromatic N) is 1. The zero-order chi connectivity index (χ0) is 16.1. The SMILES string of the molecule is CC(=O)c1ccc(NC(=O)N(C)Cc2ccc(F)cc2)cc1. The van der Waals surface area contributed by atoms with Crippen molar-refractivity contribution in [2.75, 3.05) is 12.4 Å². The fourth-order valence-electron chi connectivity index (χ4n) is 1.94. The van der Waals surface area contributed by atoms with Crippen molar-refractivity contribution in [2.45, 2.75) is 13.5 Å². The molecule has 114 valence electrons. The molecule has 0 unspecified atom stereocenters. The Kier molecular flexibility index (Phi) is 4.88. The normalized spacial score (nSPS) is 10.1. The number of halogens is 1. The number of carbonyl (C=O) groups is 2. The van der Waals surface area contributed by atoms with Crippen LogP contribution in [0.4, 0.5) is 14.9 Å². The summed E-state index contributed by atoms with van der Waals surface area (Å²) in [4.78, 5) is 24.8. The first-order valence-electron chi connectivity index (χ1n) is 6.83. The minimum absolute atomic E-state index is 0.0219. The van der Waals surface area contributed by atoms with Gasteiger partial charge >= 0.3 is 6.03 Å². The van der Waals surface area contributed by atoms with Crippen molar-refractivity contribution in [3.63, 3.8) is 0 Å². The summed E-state index contributed by atoms with van der Waals surface area (Å²) in [7, 11) is 1.66. The zero-order valence-electron chi connectivity index (χ0n) is 12.5. The van der Waals surface area contributed by atoms with Crippen LogP contribution in [0.1, 0.15) is 22.8 Å². The van der Waals surface area contributed by atoms with Gasteiger partial charge in [0.15, 0.2) is 5.78 Å². The second-order valence-electron chi connectivity index (χ2n) is 5.05. The average Bonchev–Trinajstić information content (AvgIpc) is 2.50. The molecule has 1 N–H and O–H groups in total. The molecule has 0 aliphatic rings. The maximum atomic E-state index is 12.8. The molecule has 2 rings (SSSR count). The van der Waals surface area contributed by atoms with E-state index in [4.69, 9.17) is 0 Å². The summed E-state index contributed by atoms with van der Waals surface area (Å²) in [5.74, 6) is -0.326. The van der Waals surface area contributed by atoms with Crippen LogP contribution in [0, 0.1) is 5.82 Å². The van der Waals surface area contributed by atoms with Gasteiger partial charge in [0.1, 0.15) is 5.82 Å². The van der Waals surface area contributed by atoms with Crippen LogP contribution in [0.15, 0.2) is 48.5 Å². The summed E-state index contributed by atoms with van der Waals surface area (Å²) < 4.78 is 12.8. The molecule has 2 aromatic rings. The summed E-state index contributed by atoms with van der Waals surface area (Å²) in [6.45, 7) is 1.86. The molecular weight excluding hydrogens is 283 g/mol. The molecule has 2 aromatic carbocycles. The number of anilines is 1. The van der Waals surface area contributed by atoms with Crippen LogP contribution in [0.2, 0.25) is 0 Å². The van der Waals surface area contributed by atoms with Gasteiger partial charge in [0.2, 0.25) is 0 Å². The first-order chi connectivity index (χ1) is 10.5. The van der Waals surface area contributed by atoms with Gasteiger partial charge in [0.05, 0.1) is 0 Å². The maximum Gasteiger partial charge on any atom is 0.321 e. The summed E-state index contributed by atoms with van der Waals surface area (Å²) in [5, 5.41) is 2.74. The van der Waals surface area contributed by atoms with E-state index in [1.165, 1.54) is 24.0 Å². The zero-order valence-corrected chi connectivity index (χ0v) is 12.5. The number of benzene rings is 2. The second kappa shape index (κ2) is 6.85. The van der Waals surface area contributed by atoms with E-state index in [1.807, 2.05) is 0 Å². The van der Waals surface area contributed by atoms with Crippen molar-refractivity contribution in [2.24, 2.45) is 0 Å². The summed E-state index contributed by atoms with van der Waals surface area (Å²) in [5.41, 5.74) is 2.05. The van der Waals surface area contributed by atoms with Crippen LogP contribution in [0.25, 0.3) is 0 Å². The summed E-state index contributed by atoms with van der Waals surface area (Å²) in [6.07, 6.45) is 0. The van der Waals surface area contributed by atoms with Gasteiger partial charge in [-0.2, -0.15) is 0 Å². The Morgan fingerprint density at radius 1 is 1.05 bits per heavy atom. The van der Waals surface area contributed by atoms with Crippen molar-refractivity contribution in [3.8, 4) is 0 Å². The van der Waals surface area contributed by atoms with Gasteiger partial charge < -0.3 is 10.2 Å². The van der Waals surface area contributed by atoms with Crippen molar-refractivity contribution >= 4 is 17.5 Å². The molecule has 0 aliphatic heterocycles. The lowest BCUT2D eigenvalue weighted by Gasteiger charge is -2.18. The third-order valence-electron chi connectivity index (χ3n) is 3.22. The lowest BCUT2D eigenvalue weighted by Crippen LogP contribution is -2.30. The molecule has 0 spiro atoms. The van der Waals surface area contributed by atoms with Gasteiger partial charge in [-0.3, -0.25) is 4.79 Å². The minimum Gasteiger partial charge on any atom is -0.323 e. The van der Waals surface area contributed by atoms with Gasteiger partial charge in [-0.1, -0.05) is 12.1 Å². The van der Waals surface area contributed by atoms with Crippen molar-refractivity contribution in [1.82, 2.24) is 4.90 Å². The lowest BCUT2D eigenvalue weighted by atomic mass is 10.1. The monoisotopic (exact) mass is 300 g/mol. The number of amides is 2. The molecule has 0 saturated carbocycles. The third-order valence-corrected chi connectivity index (χ3v) is 3.22. The minimum atomic E-state index is -0.304. The average molecular weight is 300 g/mol. The van der Waals surface area contributed by atoms with Gasteiger partial charge in [-0.05, 0) is 48.9 Å². The second-order valence-corrected chi connectivity index (χ2v) is 5.05. The molecule has 22 heavy (non-hydrogen) atoms. The fourth-order valence-corrected chi connectivity index (χ4v) is 1.94. The molecule has 2 amide bonds. The lowest BCUT2D eigenvalue weighted by molar-refractivity contribution is 0.101. The quantitative estimate of drug-likeness (QED) is 0.875. The molecule has 0 aromatic heterocycles. The Hall–Kier alpha value is -2.69. The van der Waals surface area contributed by atoms with Gasteiger partial charge in [-0.15, -0.1) is 0 Å². The van der Waals surface area contributed by atoms with E-state index in [1.54, 1.807) is 43.4 Å². The van der Waals surface area contributed by atoms with Crippen LogP contribution in [0.3, 0.4) is 0 Å². The Balaban J connectivity index is 1.95. The van der Waals surface area contributed by atoms with Crippen LogP contribution in [-0.4, -0.2) is 23.8 Å². The number of urea groups is 1. The largest absolute Gasteiger partial charge is 0.323 e. The molecule has 0 aliphatic carbocycles. The van der Waals surface area contributed by atoms with E-state index in [-0.39, 0.29) is 17.6 Å². The fraction of sp³-hybridized carbons (Fsp3) is 0.176. The molecule has 0 fully saturated rings. The van der Waals surface area contributed by atoms with E-state index in [0.29, 0.717) is 17.8 Å². The Labute approximate surface area is 128 Å². The Bertz CT molecular complexity index is 666. The van der Waals surface area contributed by atoms with E-state index in [2.05, 4.69) is 5.32 Å². The first-order valence-corrected chi connectivity index (χ1v) is 6.83. The number of carbonyl (C=O) groups excluding carboxylic acids is 2. The first kappa shape index (κ1) is 15.7. The number of Topliss-reactive ketones (excluding diaryl/α,β-unsaturated/α-hetero) is 1. The molecule has 0 heterocycles. The number of hydrogen-bond acceptors (Lipinski definition) is 2. The highest BCUT2D eigenvalue weighted by Crippen LogP contribution is 2.12. The Morgan fingerprint density at radius 2 is 1.64 bits per heavy atom. The van der Waals surface area contributed by atoms with Crippen LogP contribution < -0.4 is 5.32 Å².